The number of rotatable bonds is 24. The summed E-state index contributed by atoms with van der Waals surface area (Å²) >= 11 is 0. The molecular formula is C28H61N2+. The number of quaternary nitrogens is 1. The lowest BCUT2D eigenvalue weighted by Crippen LogP contribution is -2.41. The van der Waals surface area contributed by atoms with E-state index >= 15 is 0 Å². The Kier molecular flexibility index (Phi) is 22.1. The summed E-state index contributed by atoms with van der Waals surface area (Å²) in [5.74, 6) is 0. The highest BCUT2D eigenvalue weighted by atomic mass is 15.3. The van der Waals surface area contributed by atoms with Gasteiger partial charge in [0.1, 0.15) is 0 Å². The van der Waals surface area contributed by atoms with E-state index in [0.717, 1.165) is 0 Å². The standard InChI is InChI=1S/C28H61N2/c1-6-7-8-9-10-11-15-18-21-24-27-30(4,5)28-25-22-19-16-13-12-14-17-20-23-26-29(2)3/h6-28H2,1-5H3/q+1. The largest absolute Gasteiger partial charge is 0.328 e. The van der Waals surface area contributed by atoms with Crippen molar-refractivity contribution in [2.24, 2.45) is 0 Å². The van der Waals surface area contributed by atoms with Gasteiger partial charge in [0.15, 0.2) is 0 Å². The Morgan fingerprint density at radius 1 is 0.433 bits per heavy atom. The second kappa shape index (κ2) is 22.1. The summed E-state index contributed by atoms with van der Waals surface area (Å²) in [7, 11) is 9.25. The summed E-state index contributed by atoms with van der Waals surface area (Å²) in [6.45, 7) is 6.32. The molecule has 0 saturated carbocycles. The van der Waals surface area contributed by atoms with Crippen molar-refractivity contribution in [1.82, 2.24) is 4.90 Å². The molecule has 0 N–H and O–H groups in total. The highest BCUT2D eigenvalue weighted by Gasteiger charge is 2.13. The summed E-state index contributed by atoms with van der Waals surface area (Å²) in [6.07, 6.45) is 28.9. The van der Waals surface area contributed by atoms with Crippen molar-refractivity contribution in [3.05, 3.63) is 0 Å². The highest BCUT2D eigenvalue weighted by Crippen LogP contribution is 2.14. The SMILES string of the molecule is CCCCCCCCCCCC[N+](C)(C)CCCCCCCCCCCCN(C)C. The third-order valence-corrected chi connectivity index (χ3v) is 6.74. The lowest BCUT2D eigenvalue weighted by Gasteiger charge is -2.30. The summed E-state index contributed by atoms with van der Waals surface area (Å²) in [5, 5.41) is 0. The van der Waals surface area contributed by atoms with Gasteiger partial charge in [-0.15, -0.1) is 0 Å². The lowest BCUT2D eigenvalue weighted by molar-refractivity contribution is -0.890. The van der Waals surface area contributed by atoms with Crippen LogP contribution < -0.4 is 0 Å². The van der Waals surface area contributed by atoms with Crippen molar-refractivity contribution < 1.29 is 4.48 Å². The van der Waals surface area contributed by atoms with Crippen molar-refractivity contribution in [1.29, 1.82) is 0 Å². The molecule has 0 aliphatic heterocycles. The van der Waals surface area contributed by atoms with Crippen LogP contribution in [0, 0.1) is 0 Å². The number of hydrogen-bond acceptors (Lipinski definition) is 1. The molecule has 0 rings (SSSR count). The molecule has 2 heteroatoms. The van der Waals surface area contributed by atoms with E-state index in [1.165, 1.54) is 153 Å². The maximum absolute atomic E-state index is 2.45. The van der Waals surface area contributed by atoms with E-state index in [1.807, 2.05) is 0 Å². The van der Waals surface area contributed by atoms with Crippen LogP contribution >= 0.6 is 0 Å². The van der Waals surface area contributed by atoms with E-state index in [4.69, 9.17) is 0 Å². The van der Waals surface area contributed by atoms with Crippen LogP contribution in [-0.4, -0.2) is 57.2 Å². The molecule has 0 aromatic carbocycles. The summed E-state index contributed by atoms with van der Waals surface area (Å²) in [4.78, 5) is 2.30. The van der Waals surface area contributed by atoms with Crippen LogP contribution in [0.5, 0.6) is 0 Å². The van der Waals surface area contributed by atoms with Crippen LogP contribution in [-0.2, 0) is 0 Å². The molecule has 0 fully saturated rings. The predicted molar refractivity (Wildman–Crippen MR) is 138 cm³/mol. The van der Waals surface area contributed by atoms with E-state index in [-0.39, 0.29) is 0 Å². The zero-order valence-electron chi connectivity index (χ0n) is 22.2. The van der Waals surface area contributed by atoms with Gasteiger partial charge >= 0.3 is 0 Å². The van der Waals surface area contributed by atoms with Gasteiger partial charge in [-0.1, -0.05) is 103 Å². The van der Waals surface area contributed by atoms with Crippen LogP contribution in [0.1, 0.15) is 135 Å². The molecule has 0 saturated heterocycles. The zero-order chi connectivity index (χ0) is 22.3. The maximum Gasteiger partial charge on any atom is 0.0782 e. The van der Waals surface area contributed by atoms with Crippen LogP contribution in [0.3, 0.4) is 0 Å². The van der Waals surface area contributed by atoms with Gasteiger partial charge in [-0.2, -0.15) is 0 Å². The number of nitrogens with zero attached hydrogens (tertiary/aromatic N) is 2. The average Bonchev–Trinajstić information content (AvgIpc) is 2.70. The van der Waals surface area contributed by atoms with Crippen molar-refractivity contribution in [2.75, 3.05) is 47.8 Å². The van der Waals surface area contributed by atoms with E-state index in [2.05, 4.69) is 40.0 Å². The Balaban J connectivity index is 3.31. The molecule has 0 aliphatic carbocycles. The van der Waals surface area contributed by atoms with Crippen molar-refractivity contribution in [3.63, 3.8) is 0 Å². The van der Waals surface area contributed by atoms with Gasteiger partial charge in [0, 0.05) is 0 Å². The molecule has 0 atom stereocenters. The van der Waals surface area contributed by atoms with Crippen molar-refractivity contribution >= 4 is 0 Å². The van der Waals surface area contributed by atoms with Crippen molar-refractivity contribution in [3.8, 4) is 0 Å². The molecule has 0 aromatic heterocycles. The van der Waals surface area contributed by atoms with Crippen molar-refractivity contribution in [2.45, 2.75) is 135 Å². The molecule has 0 amide bonds. The minimum Gasteiger partial charge on any atom is -0.328 e. The van der Waals surface area contributed by atoms with Gasteiger partial charge in [0.25, 0.3) is 0 Å². The molecule has 0 bridgehead atoms. The summed E-state index contributed by atoms with van der Waals surface area (Å²) in [5.41, 5.74) is 0. The van der Waals surface area contributed by atoms with Crippen LogP contribution in [0.4, 0.5) is 0 Å². The van der Waals surface area contributed by atoms with Crippen LogP contribution in [0.2, 0.25) is 0 Å². The van der Waals surface area contributed by atoms with Gasteiger partial charge < -0.3 is 9.38 Å². The molecular weight excluding hydrogens is 364 g/mol. The molecule has 0 aliphatic rings. The Morgan fingerprint density at radius 3 is 1.07 bits per heavy atom. The van der Waals surface area contributed by atoms with Gasteiger partial charge in [-0.05, 0) is 52.7 Å². The fourth-order valence-electron chi connectivity index (χ4n) is 4.52. The van der Waals surface area contributed by atoms with E-state index < -0.39 is 0 Å². The Labute approximate surface area is 192 Å². The monoisotopic (exact) mass is 425 g/mol. The fourth-order valence-corrected chi connectivity index (χ4v) is 4.52. The fraction of sp³-hybridized carbons (Fsp3) is 1.00. The second-order valence-corrected chi connectivity index (χ2v) is 10.9. The molecule has 0 unspecified atom stereocenters. The van der Waals surface area contributed by atoms with Crippen LogP contribution in [0.25, 0.3) is 0 Å². The molecule has 0 radical (unpaired) electrons. The lowest BCUT2D eigenvalue weighted by atomic mass is 10.1. The minimum atomic E-state index is 1.24. The average molecular weight is 426 g/mol. The normalized spacial score (nSPS) is 12.2. The highest BCUT2D eigenvalue weighted by molar-refractivity contribution is 4.51. The van der Waals surface area contributed by atoms with Gasteiger partial charge in [0.2, 0.25) is 0 Å². The number of unbranched alkanes of at least 4 members (excludes halogenated alkanes) is 18. The Hall–Kier alpha value is -0.0800. The topological polar surface area (TPSA) is 3.24 Å². The first kappa shape index (κ1) is 29.9. The molecule has 2 nitrogen and oxygen atoms in total. The van der Waals surface area contributed by atoms with Gasteiger partial charge in [0.05, 0.1) is 27.2 Å². The first-order valence-electron chi connectivity index (χ1n) is 13.9. The quantitative estimate of drug-likeness (QED) is 0.111. The first-order valence-corrected chi connectivity index (χ1v) is 13.9. The van der Waals surface area contributed by atoms with E-state index in [0.29, 0.717) is 0 Å². The van der Waals surface area contributed by atoms with E-state index in [9.17, 15) is 0 Å². The predicted octanol–water partition coefficient (Wildman–Crippen LogP) is 8.45. The van der Waals surface area contributed by atoms with E-state index in [1.54, 1.807) is 0 Å². The second-order valence-electron chi connectivity index (χ2n) is 10.9. The Morgan fingerprint density at radius 2 is 0.733 bits per heavy atom. The summed E-state index contributed by atoms with van der Waals surface area (Å²) < 4.78 is 1.24. The molecule has 0 spiro atoms. The van der Waals surface area contributed by atoms with Gasteiger partial charge in [-0.25, -0.2) is 0 Å². The zero-order valence-corrected chi connectivity index (χ0v) is 22.2. The molecule has 30 heavy (non-hydrogen) atoms. The first-order chi connectivity index (χ1) is 14.5. The maximum atomic E-state index is 2.45. The number of hydrogen-bond donors (Lipinski definition) is 0. The van der Waals surface area contributed by atoms with Crippen LogP contribution in [0.15, 0.2) is 0 Å². The molecule has 0 aromatic rings. The third kappa shape index (κ3) is 24.2. The summed E-state index contributed by atoms with van der Waals surface area (Å²) in [6, 6.07) is 0. The van der Waals surface area contributed by atoms with Gasteiger partial charge in [-0.3, -0.25) is 0 Å². The molecule has 182 valence electrons. The Bertz CT molecular complexity index is 325. The minimum absolute atomic E-state index is 1.24. The smallest absolute Gasteiger partial charge is 0.0782 e. The molecule has 0 heterocycles. The third-order valence-electron chi connectivity index (χ3n) is 6.74.